The normalized spacial score (nSPS) is 13.2. The number of ketones is 1. The molecule has 1 rings (SSSR count). The van der Waals surface area contributed by atoms with E-state index in [1.807, 2.05) is 25.2 Å². The van der Waals surface area contributed by atoms with Crippen molar-refractivity contribution < 1.29 is 6.22 Å². The quantitative estimate of drug-likeness (QED) is 0.197. The Morgan fingerprint density at radius 2 is 1.57 bits per heavy atom. The third kappa shape index (κ3) is 9.74. The van der Waals surface area contributed by atoms with Crippen molar-refractivity contribution in [3.05, 3.63) is 71.8 Å². The summed E-state index contributed by atoms with van der Waals surface area (Å²) in [6.45, 7) is 12.5. The zero-order chi connectivity index (χ0) is 22.2. The lowest BCUT2D eigenvalue weighted by Gasteiger charge is -2.16. The van der Waals surface area contributed by atoms with Crippen LogP contribution < -0.4 is 0 Å². The third-order valence-electron chi connectivity index (χ3n) is 5.96. The van der Waals surface area contributed by atoms with E-state index in [4.69, 9.17) is 0 Å². The third-order valence-corrected chi connectivity index (χ3v) is 5.96. The Bertz CT molecular complexity index is 662. The van der Waals surface area contributed by atoms with Crippen LogP contribution in [0.5, 0.6) is 0 Å². The number of carbonyl (C=O) groups excluding carboxylic acids is 1. The van der Waals surface area contributed by atoms with Gasteiger partial charge in [0.15, 0.2) is 5.78 Å². The van der Waals surface area contributed by atoms with E-state index in [9.17, 15) is 4.79 Å². The smallest absolute Gasteiger partial charge is 0.166 e. The average molecular weight is 411 g/mol. The first kappa shape index (κ1) is 26.1. The van der Waals surface area contributed by atoms with Crippen LogP contribution in [0.2, 0.25) is 0 Å². The Hall–Kier alpha value is -1.89. The molecule has 0 saturated heterocycles. The molecule has 1 aromatic rings. The molecule has 1 aromatic carbocycles. The van der Waals surface area contributed by atoms with E-state index in [0.29, 0.717) is 0 Å². The minimum Gasteiger partial charge on any atom is -0.294 e. The van der Waals surface area contributed by atoms with Crippen molar-refractivity contribution in [1.29, 1.82) is 0 Å². The van der Waals surface area contributed by atoms with E-state index in [2.05, 4.69) is 51.6 Å². The van der Waals surface area contributed by atoms with Crippen molar-refractivity contribution in [2.45, 2.75) is 91.9 Å². The molecule has 0 aliphatic rings. The maximum atomic E-state index is 13.0. The van der Waals surface area contributed by atoms with Gasteiger partial charge in [0.1, 0.15) is 0 Å². The number of hydrogen-bond donors (Lipinski definition) is 0. The minimum absolute atomic E-state index is 0. The van der Waals surface area contributed by atoms with Gasteiger partial charge in [-0.15, -0.1) is 0 Å². The molecule has 30 heavy (non-hydrogen) atoms. The summed E-state index contributed by atoms with van der Waals surface area (Å²) in [5.41, 5.74) is 3.40. The molecule has 0 bridgehead atoms. The molecule has 0 amide bonds. The van der Waals surface area contributed by atoms with Crippen LogP contribution in [-0.2, 0) is 17.6 Å². The van der Waals surface area contributed by atoms with Gasteiger partial charge >= 0.3 is 0 Å². The standard InChI is InChI=1S/C29H44O.H2/c1-6-11-18-27(10-5)29(30)28(15-9-4)23-26-21-19-25(20-22-26)17-12-16-24(13-7-2)14-8-3;/h6,10-11,18-22,24,28H,5,7-9,12-17,23H2,1-4H3;1H/b11-6-,27-18+;. The fourth-order valence-corrected chi connectivity index (χ4v) is 4.33. The Balaban J connectivity index is 0.00000900. The molecular formula is C29H46O. The summed E-state index contributed by atoms with van der Waals surface area (Å²) in [5.74, 6) is 1.14. The van der Waals surface area contributed by atoms with Crippen molar-refractivity contribution >= 4 is 5.78 Å². The van der Waals surface area contributed by atoms with E-state index in [-0.39, 0.29) is 13.1 Å². The summed E-state index contributed by atoms with van der Waals surface area (Å²) in [5, 5.41) is 0. The first-order chi connectivity index (χ1) is 14.6. The molecule has 0 heterocycles. The number of benzene rings is 1. The number of aryl methyl sites for hydroxylation is 1. The Morgan fingerprint density at radius 1 is 0.967 bits per heavy atom. The van der Waals surface area contributed by atoms with Gasteiger partial charge in [-0.3, -0.25) is 4.79 Å². The summed E-state index contributed by atoms with van der Waals surface area (Å²) in [7, 11) is 0. The number of hydrogen-bond acceptors (Lipinski definition) is 1. The molecule has 0 spiro atoms. The van der Waals surface area contributed by atoms with Gasteiger partial charge < -0.3 is 0 Å². The van der Waals surface area contributed by atoms with Crippen LogP contribution in [-0.4, -0.2) is 5.78 Å². The van der Waals surface area contributed by atoms with Crippen LogP contribution in [0.3, 0.4) is 0 Å². The number of rotatable bonds is 16. The number of carbonyl (C=O) groups is 1. The van der Waals surface area contributed by atoms with E-state index in [1.165, 1.54) is 49.7 Å². The summed E-state index contributed by atoms with van der Waals surface area (Å²) in [4.78, 5) is 13.0. The topological polar surface area (TPSA) is 17.1 Å². The molecular weight excluding hydrogens is 364 g/mol. The maximum Gasteiger partial charge on any atom is 0.166 e. The minimum atomic E-state index is 0. The molecule has 0 radical (unpaired) electrons. The molecule has 1 atom stereocenters. The van der Waals surface area contributed by atoms with Gasteiger partial charge in [0.25, 0.3) is 0 Å². The highest BCUT2D eigenvalue weighted by molar-refractivity contribution is 5.99. The van der Waals surface area contributed by atoms with Gasteiger partial charge in [0.2, 0.25) is 0 Å². The maximum absolute atomic E-state index is 13.0. The van der Waals surface area contributed by atoms with Crippen LogP contribution in [0, 0.1) is 11.8 Å². The molecule has 0 fully saturated rings. The summed E-state index contributed by atoms with van der Waals surface area (Å²) in [6, 6.07) is 8.98. The summed E-state index contributed by atoms with van der Waals surface area (Å²) in [6.07, 6.45) is 19.3. The number of allylic oxidation sites excluding steroid dienone is 5. The Kier molecular flexibility index (Phi) is 13.8. The molecule has 1 nitrogen and oxygen atoms in total. The summed E-state index contributed by atoms with van der Waals surface area (Å²) >= 11 is 0. The fourth-order valence-electron chi connectivity index (χ4n) is 4.33. The van der Waals surface area contributed by atoms with Crippen molar-refractivity contribution in [3.63, 3.8) is 0 Å². The van der Waals surface area contributed by atoms with E-state index in [0.717, 1.165) is 37.2 Å². The van der Waals surface area contributed by atoms with Gasteiger partial charge in [-0.05, 0) is 49.7 Å². The predicted molar refractivity (Wildman–Crippen MR) is 135 cm³/mol. The van der Waals surface area contributed by atoms with Crippen molar-refractivity contribution in [2.24, 2.45) is 11.8 Å². The molecule has 0 aliphatic carbocycles. The molecule has 0 aliphatic heterocycles. The first-order valence-electron chi connectivity index (χ1n) is 12.2. The van der Waals surface area contributed by atoms with Crippen LogP contribution in [0.25, 0.3) is 0 Å². The average Bonchev–Trinajstić information content (AvgIpc) is 2.75. The molecule has 0 saturated carbocycles. The molecule has 1 heteroatoms. The van der Waals surface area contributed by atoms with Gasteiger partial charge in [0, 0.05) is 12.9 Å². The zero-order valence-electron chi connectivity index (χ0n) is 20.0. The van der Waals surface area contributed by atoms with Gasteiger partial charge in [-0.2, -0.15) is 0 Å². The van der Waals surface area contributed by atoms with Crippen LogP contribution in [0.15, 0.2) is 60.7 Å². The van der Waals surface area contributed by atoms with Gasteiger partial charge in [0.05, 0.1) is 0 Å². The lowest BCUT2D eigenvalue weighted by atomic mass is 9.87. The largest absolute Gasteiger partial charge is 0.294 e. The predicted octanol–water partition coefficient (Wildman–Crippen LogP) is 8.69. The second kappa shape index (κ2) is 15.9. The first-order valence-corrected chi connectivity index (χ1v) is 12.2. The van der Waals surface area contributed by atoms with E-state index in [1.54, 1.807) is 6.08 Å². The monoisotopic (exact) mass is 410 g/mol. The van der Waals surface area contributed by atoms with E-state index >= 15 is 0 Å². The number of Topliss-reactive ketones (excluding diaryl/α,β-unsaturated/α-hetero) is 1. The van der Waals surface area contributed by atoms with Crippen LogP contribution in [0.4, 0.5) is 0 Å². The molecule has 1 unspecified atom stereocenters. The second-order valence-electron chi connectivity index (χ2n) is 8.56. The highest BCUT2D eigenvalue weighted by Crippen LogP contribution is 2.22. The molecule has 0 N–H and O–H groups in total. The zero-order valence-corrected chi connectivity index (χ0v) is 20.0. The second-order valence-corrected chi connectivity index (χ2v) is 8.56. The van der Waals surface area contributed by atoms with Crippen molar-refractivity contribution in [2.75, 3.05) is 0 Å². The molecule has 168 valence electrons. The summed E-state index contributed by atoms with van der Waals surface area (Å²) < 4.78 is 0. The van der Waals surface area contributed by atoms with E-state index < -0.39 is 0 Å². The highest BCUT2D eigenvalue weighted by atomic mass is 16.1. The van der Waals surface area contributed by atoms with Crippen LogP contribution in [0.1, 0.15) is 91.6 Å². The SMILES string of the molecule is C=C/C(=C\C=C/C)C(=O)C(CCC)Cc1ccc(CCCC(CCC)CCC)cc1.[HH]. The lowest BCUT2D eigenvalue weighted by Crippen LogP contribution is -2.18. The lowest BCUT2D eigenvalue weighted by molar-refractivity contribution is -0.119. The Morgan fingerprint density at radius 3 is 2.10 bits per heavy atom. The van der Waals surface area contributed by atoms with Gasteiger partial charge in [-0.25, -0.2) is 0 Å². The van der Waals surface area contributed by atoms with Crippen LogP contribution >= 0.6 is 0 Å². The van der Waals surface area contributed by atoms with Gasteiger partial charge in [-0.1, -0.05) is 114 Å². The van der Waals surface area contributed by atoms with Crippen molar-refractivity contribution in [3.8, 4) is 0 Å². The van der Waals surface area contributed by atoms with Crippen molar-refractivity contribution in [1.82, 2.24) is 0 Å². The fraction of sp³-hybridized carbons (Fsp3) is 0.552. The highest BCUT2D eigenvalue weighted by Gasteiger charge is 2.20. The Labute approximate surface area is 187 Å². The molecule has 0 aromatic heterocycles.